The predicted molar refractivity (Wildman–Crippen MR) is 69.3 cm³/mol. The molecule has 0 spiro atoms. The molecule has 0 bridgehead atoms. The number of hydrogen-bond donors (Lipinski definition) is 0. The second-order valence-corrected chi connectivity index (χ2v) is 4.95. The Bertz CT molecular complexity index is 360. The van der Waals surface area contributed by atoms with Crippen LogP contribution in [0.5, 0.6) is 0 Å². The molecule has 0 N–H and O–H groups in total. The van der Waals surface area contributed by atoms with E-state index in [-0.39, 0.29) is 0 Å². The molecule has 0 nitrogen and oxygen atoms in total. The maximum absolute atomic E-state index is 5.72. The lowest BCUT2D eigenvalue weighted by molar-refractivity contribution is 0.337. The van der Waals surface area contributed by atoms with Gasteiger partial charge in [-0.15, -0.1) is 6.42 Å². The van der Waals surface area contributed by atoms with Crippen molar-refractivity contribution in [2.24, 2.45) is 5.92 Å². The molecule has 0 saturated heterocycles. The van der Waals surface area contributed by atoms with Gasteiger partial charge in [-0.05, 0) is 31.2 Å². The van der Waals surface area contributed by atoms with Crippen LogP contribution in [0.15, 0.2) is 24.3 Å². The number of terminal acetylenes is 1. The molecular weight excluding hydrogens is 192 g/mol. The second kappa shape index (κ2) is 5.21. The van der Waals surface area contributed by atoms with E-state index in [1.165, 1.54) is 43.2 Å². The van der Waals surface area contributed by atoms with Gasteiger partial charge in [0.25, 0.3) is 0 Å². The van der Waals surface area contributed by atoms with Crippen LogP contribution in [0.1, 0.15) is 49.1 Å². The molecule has 1 atom stereocenters. The predicted octanol–water partition coefficient (Wildman–Crippen LogP) is 4.29. The summed E-state index contributed by atoms with van der Waals surface area (Å²) in [6.07, 6.45) is 12.4. The van der Waals surface area contributed by atoms with Crippen molar-refractivity contribution in [3.8, 4) is 12.3 Å². The van der Waals surface area contributed by atoms with Crippen LogP contribution in [0, 0.1) is 25.2 Å². The fourth-order valence-electron chi connectivity index (χ4n) is 2.75. The molecule has 2 rings (SSSR count). The molecule has 1 aliphatic carbocycles. The molecule has 0 radical (unpaired) electrons. The van der Waals surface area contributed by atoms with Gasteiger partial charge in [0.05, 0.1) is 0 Å². The monoisotopic (exact) mass is 212 g/mol. The van der Waals surface area contributed by atoms with Crippen LogP contribution in [0.3, 0.4) is 0 Å². The summed E-state index contributed by atoms with van der Waals surface area (Å²) in [4.78, 5) is 0. The van der Waals surface area contributed by atoms with Crippen LogP contribution in [-0.4, -0.2) is 0 Å². The molecule has 0 heteroatoms. The Morgan fingerprint density at radius 3 is 2.31 bits per heavy atom. The first-order chi connectivity index (χ1) is 7.81. The summed E-state index contributed by atoms with van der Waals surface area (Å²) in [7, 11) is 0. The minimum Gasteiger partial charge on any atom is -0.119 e. The number of rotatable bonds is 2. The summed E-state index contributed by atoms with van der Waals surface area (Å²) in [5, 5.41) is 0. The minimum absolute atomic E-state index is 0.334. The van der Waals surface area contributed by atoms with Gasteiger partial charge in [-0.1, -0.05) is 55.0 Å². The highest BCUT2D eigenvalue weighted by Gasteiger charge is 2.23. The summed E-state index contributed by atoms with van der Waals surface area (Å²) >= 11 is 0. The lowest BCUT2D eigenvalue weighted by Crippen LogP contribution is -2.15. The van der Waals surface area contributed by atoms with Crippen LogP contribution in [0.25, 0.3) is 0 Å². The van der Waals surface area contributed by atoms with Gasteiger partial charge in [-0.2, -0.15) is 0 Å². The lowest BCUT2D eigenvalue weighted by Gasteiger charge is -2.27. The maximum Gasteiger partial charge on any atom is 0.0477 e. The zero-order valence-corrected chi connectivity index (χ0v) is 10.1. The Morgan fingerprint density at radius 2 is 1.75 bits per heavy atom. The third-order valence-corrected chi connectivity index (χ3v) is 3.74. The molecule has 1 unspecified atom stereocenters. The van der Waals surface area contributed by atoms with Crippen molar-refractivity contribution in [1.82, 2.24) is 0 Å². The van der Waals surface area contributed by atoms with Crippen molar-refractivity contribution in [3.63, 3.8) is 0 Å². The van der Waals surface area contributed by atoms with E-state index in [0.717, 1.165) is 0 Å². The summed E-state index contributed by atoms with van der Waals surface area (Å²) in [6, 6.07) is 8.74. The normalized spacial score (nSPS) is 19.0. The SMILES string of the molecule is C#CC(c1ccc(C)cc1)C1CCCCC1. The first kappa shape index (κ1) is 11.3. The highest BCUT2D eigenvalue weighted by atomic mass is 14.3. The molecule has 0 aromatic heterocycles. The van der Waals surface area contributed by atoms with E-state index >= 15 is 0 Å². The summed E-state index contributed by atoms with van der Waals surface area (Å²) in [5.74, 6) is 4.05. The number of benzene rings is 1. The van der Waals surface area contributed by atoms with Crippen LogP contribution in [0.2, 0.25) is 0 Å². The summed E-state index contributed by atoms with van der Waals surface area (Å²) in [6.45, 7) is 2.12. The van der Waals surface area contributed by atoms with E-state index in [9.17, 15) is 0 Å². The average molecular weight is 212 g/mol. The zero-order chi connectivity index (χ0) is 11.4. The van der Waals surface area contributed by atoms with Crippen molar-refractivity contribution in [2.75, 3.05) is 0 Å². The van der Waals surface area contributed by atoms with E-state index in [4.69, 9.17) is 6.42 Å². The van der Waals surface area contributed by atoms with E-state index in [1.807, 2.05) is 0 Å². The molecule has 16 heavy (non-hydrogen) atoms. The van der Waals surface area contributed by atoms with Crippen molar-refractivity contribution in [3.05, 3.63) is 35.4 Å². The van der Waals surface area contributed by atoms with E-state index in [1.54, 1.807) is 0 Å². The molecule has 0 amide bonds. The first-order valence-electron chi connectivity index (χ1n) is 6.34. The zero-order valence-electron chi connectivity index (χ0n) is 10.1. The summed E-state index contributed by atoms with van der Waals surface area (Å²) in [5.41, 5.74) is 2.64. The van der Waals surface area contributed by atoms with Gasteiger partial charge < -0.3 is 0 Å². The van der Waals surface area contributed by atoms with Gasteiger partial charge in [0.15, 0.2) is 0 Å². The Balaban J connectivity index is 2.15. The topological polar surface area (TPSA) is 0 Å². The van der Waals surface area contributed by atoms with Gasteiger partial charge in [-0.25, -0.2) is 0 Å². The Hall–Kier alpha value is -1.22. The molecule has 1 aromatic rings. The van der Waals surface area contributed by atoms with E-state index < -0.39 is 0 Å². The standard InChI is InChI=1S/C16H20/c1-3-16(14-7-5-4-6-8-14)15-11-9-13(2)10-12-15/h1,9-12,14,16H,4-8H2,2H3. The fraction of sp³-hybridized carbons (Fsp3) is 0.500. The highest BCUT2D eigenvalue weighted by Crippen LogP contribution is 2.35. The van der Waals surface area contributed by atoms with Gasteiger partial charge >= 0.3 is 0 Å². The van der Waals surface area contributed by atoms with E-state index in [0.29, 0.717) is 11.8 Å². The largest absolute Gasteiger partial charge is 0.119 e. The Kier molecular flexibility index (Phi) is 3.67. The van der Waals surface area contributed by atoms with Crippen LogP contribution in [-0.2, 0) is 0 Å². The van der Waals surface area contributed by atoms with Gasteiger partial charge in [-0.3, -0.25) is 0 Å². The molecule has 0 heterocycles. The van der Waals surface area contributed by atoms with Gasteiger partial charge in [0.1, 0.15) is 0 Å². The Morgan fingerprint density at radius 1 is 1.12 bits per heavy atom. The van der Waals surface area contributed by atoms with Crippen molar-refractivity contribution >= 4 is 0 Å². The van der Waals surface area contributed by atoms with Gasteiger partial charge in [0.2, 0.25) is 0 Å². The summed E-state index contributed by atoms with van der Waals surface area (Å²) < 4.78 is 0. The molecule has 84 valence electrons. The number of aryl methyl sites for hydroxylation is 1. The first-order valence-corrected chi connectivity index (χ1v) is 6.34. The Labute approximate surface area is 99.1 Å². The molecule has 1 aromatic carbocycles. The van der Waals surface area contributed by atoms with Crippen LogP contribution in [0.4, 0.5) is 0 Å². The van der Waals surface area contributed by atoms with Crippen LogP contribution >= 0.6 is 0 Å². The fourth-order valence-corrected chi connectivity index (χ4v) is 2.75. The average Bonchev–Trinajstić information content (AvgIpc) is 2.34. The van der Waals surface area contributed by atoms with Gasteiger partial charge in [0, 0.05) is 5.92 Å². The highest BCUT2D eigenvalue weighted by molar-refractivity contribution is 5.30. The van der Waals surface area contributed by atoms with E-state index in [2.05, 4.69) is 37.1 Å². The van der Waals surface area contributed by atoms with Crippen LogP contribution < -0.4 is 0 Å². The quantitative estimate of drug-likeness (QED) is 0.641. The molecule has 1 fully saturated rings. The third-order valence-electron chi connectivity index (χ3n) is 3.74. The molecular formula is C16H20. The van der Waals surface area contributed by atoms with Crippen molar-refractivity contribution < 1.29 is 0 Å². The maximum atomic E-state index is 5.72. The lowest BCUT2D eigenvalue weighted by atomic mass is 9.77. The minimum atomic E-state index is 0.334. The third kappa shape index (κ3) is 2.47. The second-order valence-electron chi connectivity index (χ2n) is 4.95. The number of hydrogen-bond acceptors (Lipinski definition) is 0. The smallest absolute Gasteiger partial charge is 0.0477 e. The van der Waals surface area contributed by atoms with Crippen molar-refractivity contribution in [1.29, 1.82) is 0 Å². The van der Waals surface area contributed by atoms with Crippen molar-refractivity contribution in [2.45, 2.75) is 44.9 Å². The molecule has 0 aliphatic heterocycles. The molecule has 1 aliphatic rings. The molecule has 1 saturated carbocycles.